The summed E-state index contributed by atoms with van der Waals surface area (Å²) in [5.74, 6) is 1.29. The zero-order chi connectivity index (χ0) is 20.0. The predicted molar refractivity (Wildman–Crippen MR) is 106 cm³/mol. The average Bonchev–Trinajstić information content (AvgIpc) is 3.22. The fourth-order valence-corrected chi connectivity index (χ4v) is 3.92. The molecule has 1 atom stereocenters. The number of phenolic OH excluding ortho intramolecular Hbond substituents is 1. The van der Waals surface area contributed by atoms with Crippen LogP contribution in [0, 0.1) is 5.41 Å². The molecule has 0 aliphatic carbocycles. The minimum atomic E-state index is -0.355. The molecule has 0 spiro atoms. The molecule has 5 rings (SSSR count). The lowest BCUT2D eigenvalue weighted by Crippen LogP contribution is -2.30. The summed E-state index contributed by atoms with van der Waals surface area (Å²) < 4.78 is 13.1. The second-order valence-electron chi connectivity index (χ2n) is 6.80. The lowest BCUT2D eigenvalue weighted by molar-refractivity contribution is 0.411. The molecule has 29 heavy (non-hydrogen) atoms. The zero-order valence-electron chi connectivity index (χ0n) is 15.2. The molecule has 4 aromatic rings. The summed E-state index contributed by atoms with van der Waals surface area (Å²) in [6.45, 7) is 0.379. The highest BCUT2D eigenvalue weighted by atomic mass is 35.5. The van der Waals surface area contributed by atoms with Gasteiger partial charge in [-0.3, -0.25) is 5.41 Å². The van der Waals surface area contributed by atoms with Crippen molar-refractivity contribution in [2.24, 2.45) is 0 Å². The van der Waals surface area contributed by atoms with Crippen LogP contribution in [0.4, 0.5) is 0 Å². The van der Waals surface area contributed by atoms with E-state index in [1.165, 1.54) is 0 Å². The van der Waals surface area contributed by atoms with Crippen molar-refractivity contribution < 1.29 is 14.3 Å². The molecule has 0 fully saturated rings. The average molecular weight is 406 g/mol. The Kier molecular flexibility index (Phi) is 4.14. The van der Waals surface area contributed by atoms with Crippen molar-refractivity contribution in [3.63, 3.8) is 0 Å². The van der Waals surface area contributed by atoms with Gasteiger partial charge < -0.3 is 18.8 Å². The van der Waals surface area contributed by atoms with E-state index in [0.29, 0.717) is 28.8 Å². The second-order valence-corrected chi connectivity index (χ2v) is 7.21. The Hall–Kier alpha value is -3.51. The first kappa shape index (κ1) is 17.6. The maximum atomic E-state index is 9.91. The molecule has 2 aromatic heterocycles. The summed E-state index contributed by atoms with van der Waals surface area (Å²) in [6, 6.07) is 16.1. The number of nitrogens with zero attached hydrogens (tertiary/aromatic N) is 2. The predicted octanol–water partition coefficient (Wildman–Crippen LogP) is 4.65. The van der Waals surface area contributed by atoms with Gasteiger partial charge in [-0.15, -0.1) is 0 Å². The topological polar surface area (TPSA) is 84.3 Å². The summed E-state index contributed by atoms with van der Waals surface area (Å²) in [4.78, 5) is 4.45. The molecule has 3 heterocycles. The number of benzene rings is 2. The normalized spacial score (nSPS) is 14.7. The van der Waals surface area contributed by atoms with Crippen LogP contribution in [0.1, 0.15) is 28.4 Å². The molecule has 144 valence electrons. The van der Waals surface area contributed by atoms with Gasteiger partial charge in [-0.05, 0) is 29.8 Å². The molecule has 1 aliphatic heterocycles. The molecular formula is C22H16ClN3O3. The maximum absolute atomic E-state index is 9.91. The second kappa shape index (κ2) is 6.83. The molecule has 6 nitrogen and oxygen atoms in total. The van der Waals surface area contributed by atoms with Crippen LogP contribution in [0.15, 0.2) is 71.6 Å². The van der Waals surface area contributed by atoms with Crippen LogP contribution in [0.3, 0.4) is 0 Å². The molecule has 2 aromatic carbocycles. The van der Waals surface area contributed by atoms with Gasteiger partial charge in [-0.25, -0.2) is 4.98 Å². The fourth-order valence-electron chi connectivity index (χ4n) is 3.68. The van der Waals surface area contributed by atoms with Crippen LogP contribution in [0.25, 0.3) is 0 Å². The zero-order valence-corrected chi connectivity index (χ0v) is 15.9. The summed E-state index contributed by atoms with van der Waals surface area (Å²) in [5, 5.41) is 19.4. The quantitative estimate of drug-likeness (QED) is 0.457. The summed E-state index contributed by atoms with van der Waals surface area (Å²) in [6.07, 6.45) is 3.16. The van der Waals surface area contributed by atoms with Crippen molar-refractivity contribution in [2.45, 2.75) is 12.5 Å². The molecule has 0 radical (unpaired) electrons. The van der Waals surface area contributed by atoms with E-state index in [1.54, 1.807) is 35.4 Å². The van der Waals surface area contributed by atoms with Gasteiger partial charge in [0.15, 0.2) is 0 Å². The third-order valence-corrected chi connectivity index (χ3v) is 5.36. The third kappa shape index (κ3) is 2.98. The number of hydrogen-bond acceptors (Lipinski definition) is 5. The largest absolute Gasteiger partial charge is 0.508 e. The highest BCUT2D eigenvalue weighted by Crippen LogP contribution is 2.47. The van der Waals surface area contributed by atoms with Crippen LogP contribution in [-0.4, -0.2) is 14.7 Å². The number of ether oxygens (including phenoxy) is 1. The van der Waals surface area contributed by atoms with Crippen LogP contribution < -0.4 is 10.2 Å². The lowest BCUT2D eigenvalue weighted by Gasteiger charge is -2.29. The Morgan fingerprint density at radius 2 is 1.97 bits per heavy atom. The summed E-state index contributed by atoms with van der Waals surface area (Å²) >= 11 is 6.54. The number of phenols is 1. The highest BCUT2D eigenvalue weighted by Gasteiger charge is 2.33. The van der Waals surface area contributed by atoms with Crippen molar-refractivity contribution >= 4 is 11.6 Å². The Labute approximate surface area is 171 Å². The lowest BCUT2D eigenvalue weighted by atomic mass is 9.84. The fraction of sp³-hybridized carbons (Fsp3) is 0.0909. The molecule has 0 saturated heterocycles. The maximum Gasteiger partial charge on any atom is 0.228 e. The molecular weight excluding hydrogens is 390 g/mol. The number of aromatic hydroxyl groups is 1. The molecule has 0 saturated carbocycles. The molecule has 7 heteroatoms. The van der Waals surface area contributed by atoms with E-state index in [0.717, 1.165) is 16.9 Å². The van der Waals surface area contributed by atoms with Gasteiger partial charge in [0.1, 0.15) is 29.1 Å². The minimum Gasteiger partial charge on any atom is -0.508 e. The van der Waals surface area contributed by atoms with Crippen LogP contribution in [0.5, 0.6) is 17.4 Å². The van der Waals surface area contributed by atoms with Crippen molar-refractivity contribution in [3.8, 4) is 17.4 Å². The van der Waals surface area contributed by atoms with E-state index in [4.69, 9.17) is 26.2 Å². The van der Waals surface area contributed by atoms with Crippen LogP contribution in [0.2, 0.25) is 5.02 Å². The number of rotatable bonds is 3. The first-order chi connectivity index (χ1) is 14.1. The van der Waals surface area contributed by atoms with Gasteiger partial charge in [0.05, 0.1) is 18.4 Å². The number of aromatic nitrogens is 2. The molecule has 0 amide bonds. The van der Waals surface area contributed by atoms with Gasteiger partial charge in [-0.2, -0.15) is 0 Å². The van der Waals surface area contributed by atoms with E-state index in [9.17, 15) is 5.11 Å². The number of hydrogen-bond donors (Lipinski definition) is 2. The number of nitrogens with one attached hydrogen (secondary N) is 1. The number of furan rings is 1. The Morgan fingerprint density at radius 1 is 1.10 bits per heavy atom. The van der Waals surface area contributed by atoms with Crippen molar-refractivity contribution in [1.82, 2.24) is 9.55 Å². The summed E-state index contributed by atoms with van der Waals surface area (Å²) in [5.41, 5.74) is 2.53. The first-order valence-corrected chi connectivity index (χ1v) is 9.41. The number of halogens is 1. The monoisotopic (exact) mass is 405 g/mol. The highest BCUT2D eigenvalue weighted by molar-refractivity contribution is 6.31. The summed E-state index contributed by atoms with van der Waals surface area (Å²) in [7, 11) is 0. The standard InChI is InChI=1S/C22H16ClN3O3/c23-17-6-2-1-5-15(17)19-16-8-7-13(27)10-18(16)29-22-20(19)21(24)26(12-25-22)11-14-4-3-9-28-14/h1-10,12,19,24,27H,11H2/t19-/m0/s1. The van der Waals surface area contributed by atoms with Crippen LogP contribution >= 0.6 is 11.6 Å². The van der Waals surface area contributed by atoms with E-state index in [2.05, 4.69) is 4.98 Å². The van der Waals surface area contributed by atoms with E-state index < -0.39 is 0 Å². The van der Waals surface area contributed by atoms with Gasteiger partial charge in [0, 0.05) is 22.6 Å². The SMILES string of the molecule is N=c1c2c(ncn1Cc1ccco1)Oc1cc(O)ccc1[C@@H]2c1ccccc1Cl. The van der Waals surface area contributed by atoms with Gasteiger partial charge in [0.25, 0.3) is 0 Å². The molecule has 0 bridgehead atoms. The van der Waals surface area contributed by atoms with E-state index in [1.807, 2.05) is 36.4 Å². The Morgan fingerprint density at radius 3 is 2.76 bits per heavy atom. The van der Waals surface area contributed by atoms with E-state index in [-0.39, 0.29) is 17.2 Å². The van der Waals surface area contributed by atoms with Gasteiger partial charge >= 0.3 is 0 Å². The first-order valence-electron chi connectivity index (χ1n) is 9.03. The van der Waals surface area contributed by atoms with Crippen molar-refractivity contribution in [3.05, 3.63) is 100 Å². The van der Waals surface area contributed by atoms with E-state index >= 15 is 0 Å². The Bertz CT molecular complexity index is 1260. The Balaban J connectivity index is 1.74. The smallest absolute Gasteiger partial charge is 0.228 e. The van der Waals surface area contributed by atoms with Crippen molar-refractivity contribution in [1.29, 1.82) is 5.41 Å². The van der Waals surface area contributed by atoms with Crippen LogP contribution in [-0.2, 0) is 6.54 Å². The van der Waals surface area contributed by atoms with Gasteiger partial charge in [0.2, 0.25) is 5.88 Å². The molecule has 1 aliphatic rings. The molecule has 0 unspecified atom stereocenters. The van der Waals surface area contributed by atoms with Crippen molar-refractivity contribution in [2.75, 3.05) is 0 Å². The number of fused-ring (bicyclic) bond motifs is 2. The third-order valence-electron chi connectivity index (χ3n) is 5.01. The molecule has 2 N–H and O–H groups in total. The van der Waals surface area contributed by atoms with Gasteiger partial charge in [-0.1, -0.05) is 35.9 Å². The minimum absolute atomic E-state index is 0.0972.